The second kappa shape index (κ2) is 8.26. The minimum atomic E-state index is -0.0169. The van der Waals surface area contributed by atoms with Gasteiger partial charge < -0.3 is 10.1 Å². The highest BCUT2D eigenvalue weighted by molar-refractivity contribution is 8.03. The first-order valence-corrected chi connectivity index (χ1v) is 9.14. The fourth-order valence-corrected chi connectivity index (χ4v) is 3.73. The summed E-state index contributed by atoms with van der Waals surface area (Å²) < 4.78 is 6.82. The Morgan fingerprint density at radius 2 is 2.00 bits per heavy atom. The van der Waals surface area contributed by atoms with Crippen LogP contribution in [0.25, 0.3) is 0 Å². The molecule has 0 unspecified atom stereocenters. The molecule has 0 bridgehead atoms. The van der Waals surface area contributed by atoms with Gasteiger partial charge in [0.1, 0.15) is 5.75 Å². The van der Waals surface area contributed by atoms with Crippen molar-refractivity contribution in [3.63, 3.8) is 0 Å². The quantitative estimate of drug-likeness (QED) is 0.781. The van der Waals surface area contributed by atoms with Crippen LogP contribution in [0.1, 0.15) is 5.56 Å². The number of rotatable bonds is 7. The second-order valence-electron chi connectivity index (χ2n) is 3.95. The summed E-state index contributed by atoms with van der Waals surface area (Å²) in [6.07, 6.45) is 1.95. The first-order valence-electron chi connectivity index (χ1n) is 6.11. The number of aromatic nitrogens is 2. The molecular weight excluding hydrogens is 326 g/mol. The monoisotopic (exact) mass is 341 g/mol. The molecular formula is C13H15N3O2S3. The molecule has 1 aromatic carbocycles. The Hall–Kier alpha value is -1.25. The SMILES string of the molecule is COc1ccc(CNC(=O)CSc2nnc(SC)s2)cc1. The number of carbonyl (C=O) groups is 1. The van der Waals surface area contributed by atoms with Gasteiger partial charge in [-0.2, -0.15) is 0 Å². The van der Waals surface area contributed by atoms with Gasteiger partial charge in [0.05, 0.1) is 12.9 Å². The van der Waals surface area contributed by atoms with Gasteiger partial charge in [-0.1, -0.05) is 47.0 Å². The standard InChI is InChI=1S/C13H15N3O2S3/c1-18-10-5-3-9(4-6-10)7-14-11(17)8-20-13-16-15-12(19-2)21-13/h3-6H,7-8H2,1-2H3,(H,14,17). The van der Waals surface area contributed by atoms with Crippen molar-refractivity contribution in [1.82, 2.24) is 15.5 Å². The number of nitrogens with one attached hydrogen (secondary N) is 1. The number of hydrogen-bond acceptors (Lipinski definition) is 7. The van der Waals surface area contributed by atoms with Crippen molar-refractivity contribution >= 4 is 40.8 Å². The largest absolute Gasteiger partial charge is 0.497 e. The van der Waals surface area contributed by atoms with E-state index in [2.05, 4.69) is 15.5 Å². The number of methoxy groups -OCH3 is 1. The van der Waals surface area contributed by atoms with Crippen LogP contribution in [0.15, 0.2) is 32.9 Å². The minimum Gasteiger partial charge on any atom is -0.497 e. The van der Waals surface area contributed by atoms with E-state index >= 15 is 0 Å². The highest BCUT2D eigenvalue weighted by Gasteiger charge is 2.07. The lowest BCUT2D eigenvalue weighted by molar-refractivity contribution is -0.118. The third kappa shape index (κ3) is 5.22. The van der Waals surface area contributed by atoms with E-state index in [4.69, 9.17) is 4.74 Å². The van der Waals surface area contributed by atoms with Gasteiger partial charge in [-0.25, -0.2) is 0 Å². The molecule has 1 aromatic heterocycles. The minimum absolute atomic E-state index is 0.0169. The van der Waals surface area contributed by atoms with Gasteiger partial charge in [-0.15, -0.1) is 10.2 Å². The zero-order chi connectivity index (χ0) is 15.1. The zero-order valence-corrected chi connectivity index (χ0v) is 14.1. The summed E-state index contributed by atoms with van der Waals surface area (Å²) in [5.41, 5.74) is 1.04. The lowest BCUT2D eigenvalue weighted by Gasteiger charge is -2.05. The number of nitrogens with zero attached hydrogens (tertiary/aromatic N) is 2. The molecule has 112 valence electrons. The highest BCUT2D eigenvalue weighted by atomic mass is 32.2. The lowest BCUT2D eigenvalue weighted by atomic mass is 10.2. The molecule has 1 heterocycles. The van der Waals surface area contributed by atoms with Gasteiger partial charge in [0.25, 0.3) is 0 Å². The summed E-state index contributed by atoms with van der Waals surface area (Å²) >= 11 is 4.46. The Balaban J connectivity index is 1.73. The van der Waals surface area contributed by atoms with Gasteiger partial charge in [0, 0.05) is 6.54 Å². The molecule has 1 N–H and O–H groups in total. The molecule has 2 aromatic rings. The first kappa shape index (κ1) is 16.1. The predicted molar refractivity (Wildman–Crippen MR) is 87.3 cm³/mol. The summed E-state index contributed by atoms with van der Waals surface area (Å²) in [5.74, 6) is 1.14. The zero-order valence-electron chi connectivity index (χ0n) is 11.7. The van der Waals surface area contributed by atoms with Crippen molar-refractivity contribution in [2.45, 2.75) is 15.2 Å². The smallest absolute Gasteiger partial charge is 0.230 e. The van der Waals surface area contributed by atoms with Gasteiger partial charge >= 0.3 is 0 Å². The maximum atomic E-state index is 11.8. The molecule has 0 saturated carbocycles. The molecule has 0 radical (unpaired) electrons. The van der Waals surface area contributed by atoms with Crippen LogP contribution in [-0.4, -0.2) is 35.2 Å². The topological polar surface area (TPSA) is 64.1 Å². The van der Waals surface area contributed by atoms with Crippen molar-refractivity contribution in [1.29, 1.82) is 0 Å². The fourth-order valence-electron chi connectivity index (χ4n) is 1.46. The first-order chi connectivity index (χ1) is 10.2. The van der Waals surface area contributed by atoms with E-state index < -0.39 is 0 Å². The summed E-state index contributed by atoms with van der Waals surface area (Å²) in [6.45, 7) is 0.509. The van der Waals surface area contributed by atoms with E-state index in [0.717, 1.165) is 20.0 Å². The molecule has 0 saturated heterocycles. The van der Waals surface area contributed by atoms with Crippen LogP contribution in [0.3, 0.4) is 0 Å². The Morgan fingerprint density at radius 1 is 1.29 bits per heavy atom. The van der Waals surface area contributed by atoms with Crippen molar-refractivity contribution < 1.29 is 9.53 Å². The molecule has 0 fully saturated rings. The summed E-state index contributed by atoms with van der Waals surface area (Å²) in [5, 5.41) is 10.9. The van der Waals surface area contributed by atoms with Crippen LogP contribution >= 0.6 is 34.9 Å². The molecule has 2 rings (SSSR count). The number of ether oxygens (including phenoxy) is 1. The summed E-state index contributed by atoms with van der Waals surface area (Å²) in [6, 6.07) is 7.62. The molecule has 21 heavy (non-hydrogen) atoms. The summed E-state index contributed by atoms with van der Waals surface area (Å²) in [4.78, 5) is 11.8. The van der Waals surface area contributed by atoms with Crippen molar-refractivity contribution in [3.8, 4) is 5.75 Å². The van der Waals surface area contributed by atoms with Crippen LogP contribution in [0.2, 0.25) is 0 Å². The fraction of sp³-hybridized carbons (Fsp3) is 0.308. The molecule has 1 amide bonds. The number of benzene rings is 1. The average molecular weight is 341 g/mol. The van der Waals surface area contributed by atoms with E-state index in [0.29, 0.717) is 12.3 Å². The normalized spacial score (nSPS) is 10.4. The van der Waals surface area contributed by atoms with Gasteiger partial charge in [0.15, 0.2) is 8.68 Å². The van der Waals surface area contributed by atoms with Gasteiger partial charge in [-0.05, 0) is 24.0 Å². The van der Waals surface area contributed by atoms with Crippen LogP contribution in [0.5, 0.6) is 5.75 Å². The maximum absolute atomic E-state index is 11.8. The third-order valence-electron chi connectivity index (χ3n) is 2.54. The second-order valence-corrected chi connectivity index (χ2v) is 7.20. The van der Waals surface area contributed by atoms with Crippen LogP contribution in [0.4, 0.5) is 0 Å². The lowest BCUT2D eigenvalue weighted by Crippen LogP contribution is -2.24. The van der Waals surface area contributed by atoms with E-state index in [1.54, 1.807) is 18.9 Å². The average Bonchev–Trinajstić information content (AvgIpc) is 2.99. The van der Waals surface area contributed by atoms with E-state index in [1.165, 1.54) is 23.1 Å². The Labute approximate surface area is 135 Å². The van der Waals surface area contributed by atoms with Crippen LogP contribution < -0.4 is 10.1 Å². The molecule has 0 atom stereocenters. The van der Waals surface area contributed by atoms with Gasteiger partial charge in [-0.3, -0.25) is 4.79 Å². The van der Waals surface area contributed by atoms with Crippen molar-refractivity contribution in [2.75, 3.05) is 19.1 Å². The van der Waals surface area contributed by atoms with E-state index in [-0.39, 0.29) is 5.91 Å². The number of carbonyl (C=O) groups excluding carboxylic acids is 1. The molecule has 0 aliphatic heterocycles. The molecule has 0 aliphatic carbocycles. The van der Waals surface area contributed by atoms with Crippen molar-refractivity contribution in [2.24, 2.45) is 0 Å². The van der Waals surface area contributed by atoms with E-state index in [9.17, 15) is 4.79 Å². The molecule has 8 heteroatoms. The van der Waals surface area contributed by atoms with E-state index in [1.807, 2.05) is 30.5 Å². The molecule has 0 aliphatic rings. The van der Waals surface area contributed by atoms with Crippen LogP contribution in [0, 0.1) is 0 Å². The highest BCUT2D eigenvalue weighted by Crippen LogP contribution is 2.26. The summed E-state index contributed by atoms with van der Waals surface area (Å²) in [7, 11) is 1.63. The third-order valence-corrected chi connectivity index (χ3v) is 5.57. The predicted octanol–water partition coefficient (Wildman–Crippen LogP) is 2.68. The van der Waals surface area contributed by atoms with Gasteiger partial charge in [0.2, 0.25) is 5.91 Å². The molecule has 5 nitrogen and oxygen atoms in total. The Bertz CT molecular complexity index is 587. The van der Waals surface area contributed by atoms with Crippen LogP contribution in [-0.2, 0) is 11.3 Å². The Morgan fingerprint density at radius 3 is 2.62 bits per heavy atom. The Kier molecular flexibility index (Phi) is 6.34. The maximum Gasteiger partial charge on any atom is 0.230 e. The number of thioether (sulfide) groups is 2. The van der Waals surface area contributed by atoms with Crippen molar-refractivity contribution in [3.05, 3.63) is 29.8 Å². The number of amides is 1. The molecule has 0 spiro atoms. The number of hydrogen-bond donors (Lipinski definition) is 1.